The zero-order valence-electron chi connectivity index (χ0n) is 7.38. The lowest BCUT2D eigenvalue weighted by molar-refractivity contribution is 0.937. The van der Waals surface area contributed by atoms with Gasteiger partial charge in [0.2, 0.25) is 0 Å². The van der Waals surface area contributed by atoms with E-state index in [0.29, 0.717) is 0 Å². The van der Waals surface area contributed by atoms with E-state index in [1.54, 1.807) is 0 Å². The zero-order chi connectivity index (χ0) is 8.81. The first-order valence-electron chi connectivity index (χ1n) is 4.25. The average molecular weight is 181 g/mol. The molecule has 1 aromatic rings. The number of hydrogen-bond donors (Lipinski definition) is 2. The summed E-state index contributed by atoms with van der Waals surface area (Å²) in [6, 6.07) is 8.40. The van der Waals surface area contributed by atoms with Crippen molar-refractivity contribution in [3.63, 3.8) is 0 Å². The number of rotatable bonds is 4. The van der Waals surface area contributed by atoms with Crippen LogP contribution in [0.25, 0.3) is 0 Å². The third kappa shape index (κ3) is 2.45. The summed E-state index contributed by atoms with van der Waals surface area (Å²) in [7, 11) is 1.96. The molecule has 1 N–H and O–H groups in total. The van der Waals surface area contributed by atoms with Gasteiger partial charge in [-0.25, -0.2) is 0 Å². The molecule has 0 saturated carbocycles. The van der Waals surface area contributed by atoms with Gasteiger partial charge in [-0.05, 0) is 30.2 Å². The summed E-state index contributed by atoms with van der Waals surface area (Å²) in [6.07, 6.45) is 2.25. The van der Waals surface area contributed by atoms with Crippen molar-refractivity contribution in [1.82, 2.24) is 0 Å². The van der Waals surface area contributed by atoms with Gasteiger partial charge in [-0.2, -0.15) is 12.6 Å². The molecule has 0 unspecified atom stereocenters. The number of thiol groups is 1. The molecular formula is C10H15NS. The fraction of sp³-hybridized carbons (Fsp3) is 0.400. The molecule has 0 aliphatic rings. The fourth-order valence-electron chi connectivity index (χ4n) is 1.25. The van der Waals surface area contributed by atoms with Crippen molar-refractivity contribution in [2.45, 2.75) is 12.8 Å². The second-order valence-electron chi connectivity index (χ2n) is 2.73. The van der Waals surface area contributed by atoms with Crippen LogP contribution in [0, 0.1) is 0 Å². The first-order valence-corrected chi connectivity index (χ1v) is 4.88. The van der Waals surface area contributed by atoms with E-state index in [-0.39, 0.29) is 0 Å². The molecule has 0 heterocycles. The molecule has 0 aliphatic heterocycles. The lowest BCUT2D eigenvalue weighted by Gasteiger charge is -2.07. The van der Waals surface area contributed by atoms with Crippen LogP contribution in [0.5, 0.6) is 0 Å². The Bertz CT molecular complexity index is 235. The number of aryl methyl sites for hydroxylation is 1. The Kier molecular flexibility index (Phi) is 4.01. The van der Waals surface area contributed by atoms with E-state index in [4.69, 9.17) is 0 Å². The number of para-hydroxylation sites is 1. The molecule has 0 aliphatic carbocycles. The first kappa shape index (κ1) is 9.46. The Balaban J connectivity index is 2.68. The first-order chi connectivity index (χ1) is 5.88. The van der Waals surface area contributed by atoms with E-state index in [2.05, 4.69) is 42.2 Å². The van der Waals surface area contributed by atoms with E-state index in [0.717, 1.165) is 18.6 Å². The lowest BCUT2D eigenvalue weighted by Crippen LogP contribution is -1.95. The Morgan fingerprint density at radius 2 is 2.08 bits per heavy atom. The molecule has 0 radical (unpaired) electrons. The molecule has 66 valence electrons. The standard InChI is InChI=1S/C10H15NS/c1-11-10-7-3-2-5-9(10)6-4-8-12/h2-3,5,7,11-12H,4,6,8H2,1H3. The van der Waals surface area contributed by atoms with E-state index in [9.17, 15) is 0 Å². The lowest BCUT2D eigenvalue weighted by atomic mass is 10.1. The van der Waals surface area contributed by atoms with Crippen molar-refractivity contribution in [3.05, 3.63) is 29.8 Å². The quantitative estimate of drug-likeness (QED) is 0.680. The van der Waals surface area contributed by atoms with Crippen LogP contribution in [0.3, 0.4) is 0 Å². The van der Waals surface area contributed by atoms with Crippen LogP contribution in [0.2, 0.25) is 0 Å². The van der Waals surface area contributed by atoms with Crippen LogP contribution in [-0.4, -0.2) is 12.8 Å². The fourth-order valence-corrected chi connectivity index (χ4v) is 1.41. The van der Waals surface area contributed by atoms with Crippen molar-refractivity contribution in [2.75, 3.05) is 18.1 Å². The molecule has 0 atom stereocenters. The summed E-state index contributed by atoms with van der Waals surface area (Å²) in [5, 5.41) is 3.18. The van der Waals surface area contributed by atoms with Gasteiger partial charge in [0.15, 0.2) is 0 Å². The van der Waals surface area contributed by atoms with Gasteiger partial charge >= 0.3 is 0 Å². The minimum absolute atomic E-state index is 0.956. The minimum Gasteiger partial charge on any atom is -0.388 e. The largest absolute Gasteiger partial charge is 0.388 e. The highest BCUT2D eigenvalue weighted by atomic mass is 32.1. The van der Waals surface area contributed by atoms with Crippen LogP contribution in [0.15, 0.2) is 24.3 Å². The second-order valence-corrected chi connectivity index (χ2v) is 3.18. The zero-order valence-corrected chi connectivity index (χ0v) is 8.27. The van der Waals surface area contributed by atoms with Crippen LogP contribution < -0.4 is 5.32 Å². The maximum Gasteiger partial charge on any atom is 0.0370 e. The monoisotopic (exact) mass is 181 g/mol. The SMILES string of the molecule is CNc1ccccc1CCCS. The van der Waals surface area contributed by atoms with Gasteiger partial charge in [0, 0.05) is 12.7 Å². The molecule has 1 rings (SSSR count). The second kappa shape index (κ2) is 5.09. The van der Waals surface area contributed by atoms with Gasteiger partial charge in [0.1, 0.15) is 0 Å². The molecule has 0 spiro atoms. The van der Waals surface area contributed by atoms with E-state index < -0.39 is 0 Å². The topological polar surface area (TPSA) is 12.0 Å². The maximum atomic E-state index is 4.19. The van der Waals surface area contributed by atoms with Crippen LogP contribution in [-0.2, 0) is 6.42 Å². The third-order valence-corrected chi connectivity index (χ3v) is 2.21. The summed E-state index contributed by atoms with van der Waals surface area (Å²) in [5.74, 6) is 0.956. The van der Waals surface area contributed by atoms with E-state index in [1.165, 1.54) is 11.3 Å². The Labute approximate surface area is 79.6 Å². The molecule has 12 heavy (non-hydrogen) atoms. The van der Waals surface area contributed by atoms with Crippen molar-refractivity contribution in [3.8, 4) is 0 Å². The highest BCUT2D eigenvalue weighted by molar-refractivity contribution is 7.80. The third-order valence-electron chi connectivity index (χ3n) is 1.89. The van der Waals surface area contributed by atoms with Gasteiger partial charge in [-0.1, -0.05) is 18.2 Å². The smallest absolute Gasteiger partial charge is 0.0370 e. The summed E-state index contributed by atoms with van der Waals surface area (Å²) in [4.78, 5) is 0. The van der Waals surface area contributed by atoms with E-state index in [1.807, 2.05) is 7.05 Å². The minimum atomic E-state index is 0.956. The predicted octanol–water partition coefficient (Wildman–Crippen LogP) is 2.59. The van der Waals surface area contributed by atoms with E-state index >= 15 is 0 Å². The van der Waals surface area contributed by atoms with Crippen molar-refractivity contribution in [1.29, 1.82) is 0 Å². The number of hydrogen-bond acceptors (Lipinski definition) is 2. The Morgan fingerprint density at radius 1 is 1.33 bits per heavy atom. The molecule has 1 nitrogen and oxygen atoms in total. The molecular weight excluding hydrogens is 166 g/mol. The summed E-state index contributed by atoms with van der Waals surface area (Å²) < 4.78 is 0. The van der Waals surface area contributed by atoms with Crippen molar-refractivity contribution >= 4 is 18.3 Å². The Hall–Kier alpha value is -0.630. The summed E-state index contributed by atoms with van der Waals surface area (Å²) in [5.41, 5.74) is 2.62. The van der Waals surface area contributed by atoms with Crippen LogP contribution in [0.4, 0.5) is 5.69 Å². The molecule has 1 aromatic carbocycles. The highest BCUT2D eigenvalue weighted by Crippen LogP contribution is 2.15. The number of benzene rings is 1. The van der Waals surface area contributed by atoms with Gasteiger partial charge in [-0.15, -0.1) is 0 Å². The van der Waals surface area contributed by atoms with Gasteiger partial charge < -0.3 is 5.32 Å². The van der Waals surface area contributed by atoms with Crippen LogP contribution in [0.1, 0.15) is 12.0 Å². The summed E-state index contributed by atoms with van der Waals surface area (Å²) in [6.45, 7) is 0. The molecule has 0 aromatic heterocycles. The molecule has 0 saturated heterocycles. The van der Waals surface area contributed by atoms with Crippen molar-refractivity contribution in [2.24, 2.45) is 0 Å². The number of anilines is 1. The molecule has 0 fully saturated rings. The Morgan fingerprint density at radius 3 is 2.75 bits per heavy atom. The highest BCUT2D eigenvalue weighted by Gasteiger charge is 1.97. The predicted molar refractivity (Wildman–Crippen MR) is 58.2 cm³/mol. The molecule has 0 bridgehead atoms. The maximum absolute atomic E-state index is 4.19. The summed E-state index contributed by atoms with van der Waals surface area (Å²) >= 11 is 4.19. The molecule has 2 heteroatoms. The van der Waals surface area contributed by atoms with Gasteiger partial charge in [-0.3, -0.25) is 0 Å². The normalized spacial score (nSPS) is 9.83. The average Bonchev–Trinajstić information content (AvgIpc) is 2.15. The van der Waals surface area contributed by atoms with Crippen molar-refractivity contribution < 1.29 is 0 Å². The number of nitrogens with one attached hydrogen (secondary N) is 1. The molecule has 0 amide bonds. The van der Waals surface area contributed by atoms with Crippen LogP contribution >= 0.6 is 12.6 Å². The van der Waals surface area contributed by atoms with Gasteiger partial charge in [0.05, 0.1) is 0 Å². The van der Waals surface area contributed by atoms with Gasteiger partial charge in [0.25, 0.3) is 0 Å².